The van der Waals surface area contributed by atoms with Gasteiger partial charge in [0.2, 0.25) is 0 Å². The summed E-state index contributed by atoms with van der Waals surface area (Å²) < 4.78 is 1.85. The van der Waals surface area contributed by atoms with Crippen molar-refractivity contribution in [3.05, 3.63) is 54.4 Å². The van der Waals surface area contributed by atoms with Gasteiger partial charge in [0.1, 0.15) is 0 Å². The smallest absolute Gasteiger partial charge is 0.0867 e. The van der Waals surface area contributed by atoms with Crippen molar-refractivity contribution in [1.29, 1.82) is 0 Å². The number of hydrogen-bond donors (Lipinski definition) is 2. The molecule has 0 saturated heterocycles. The first-order valence-electron chi connectivity index (χ1n) is 6.69. The average Bonchev–Trinajstić information content (AvgIpc) is 2.97. The quantitative estimate of drug-likeness (QED) is 0.797. The maximum absolute atomic E-state index is 9.95. The summed E-state index contributed by atoms with van der Waals surface area (Å²) in [6.45, 7) is 3.63. The minimum absolute atomic E-state index is 0.0386. The molecule has 2 N–H and O–H groups in total. The molecule has 0 radical (unpaired) electrons. The molecule has 0 amide bonds. The Hall–Kier alpha value is -1.65. The fourth-order valence-electron chi connectivity index (χ4n) is 2.24. The van der Waals surface area contributed by atoms with E-state index in [1.165, 1.54) is 0 Å². The Balaban J connectivity index is 2.30. The van der Waals surface area contributed by atoms with Crippen molar-refractivity contribution in [3.8, 4) is 0 Å². The SMILES string of the molecule is CCCNC(CO)(Cn1cccn1)c1ccccc1. The van der Waals surface area contributed by atoms with Crippen molar-refractivity contribution in [3.63, 3.8) is 0 Å². The van der Waals surface area contributed by atoms with Gasteiger partial charge in [0.05, 0.1) is 18.7 Å². The van der Waals surface area contributed by atoms with Crippen LogP contribution in [-0.4, -0.2) is 28.0 Å². The van der Waals surface area contributed by atoms with Gasteiger partial charge in [0.25, 0.3) is 0 Å². The van der Waals surface area contributed by atoms with Crippen molar-refractivity contribution < 1.29 is 5.11 Å². The molecule has 102 valence electrons. The maximum Gasteiger partial charge on any atom is 0.0867 e. The molecule has 1 heterocycles. The predicted octanol–water partition coefficient (Wildman–Crippen LogP) is 1.77. The zero-order valence-electron chi connectivity index (χ0n) is 11.3. The zero-order valence-corrected chi connectivity index (χ0v) is 11.3. The Morgan fingerprint density at radius 3 is 2.63 bits per heavy atom. The van der Waals surface area contributed by atoms with Crippen molar-refractivity contribution in [2.45, 2.75) is 25.4 Å². The Morgan fingerprint density at radius 2 is 2.05 bits per heavy atom. The van der Waals surface area contributed by atoms with E-state index >= 15 is 0 Å². The first-order chi connectivity index (χ1) is 9.30. The lowest BCUT2D eigenvalue weighted by Gasteiger charge is -2.33. The number of aromatic nitrogens is 2. The monoisotopic (exact) mass is 259 g/mol. The first kappa shape index (κ1) is 13.8. The lowest BCUT2D eigenvalue weighted by molar-refractivity contribution is 0.138. The summed E-state index contributed by atoms with van der Waals surface area (Å²) in [5.74, 6) is 0. The number of hydrogen-bond acceptors (Lipinski definition) is 3. The summed E-state index contributed by atoms with van der Waals surface area (Å²) in [6.07, 6.45) is 4.70. The number of aliphatic hydroxyl groups is 1. The summed E-state index contributed by atoms with van der Waals surface area (Å²) in [5.41, 5.74) is 0.602. The molecule has 0 saturated carbocycles. The summed E-state index contributed by atoms with van der Waals surface area (Å²) in [7, 11) is 0. The van der Waals surface area contributed by atoms with Crippen LogP contribution in [0.15, 0.2) is 48.8 Å². The molecule has 0 aliphatic heterocycles. The van der Waals surface area contributed by atoms with Gasteiger partial charge >= 0.3 is 0 Å². The van der Waals surface area contributed by atoms with E-state index in [1.54, 1.807) is 6.20 Å². The third-order valence-electron chi connectivity index (χ3n) is 3.30. The summed E-state index contributed by atoms with van der Waals surface area (Å²) >= 11 is 0. The largest absolute Gasteiger partial charge is 0.394 e. The lowest BCUT2D eigenvalue weighted by atomic mass is 9.90. The van der Waals surface area contributed by atoms with Gasteiger partial charge in [0.15, 0.2) is 0 Å². The highest BCUT2D eigenvalue weighted by atomic mass is 16.3. The van der Waals surface area contributed by atoms with Gasteiger partial charge < -0.3 is 10.4 Å². The lowest BCUT2D eigenvalue weighted by Crippen LogP contribution is -2.49. The second kappa shape index (κ2) is 6.50. The number of nitrogens with one attached hydrogen (secondary N) is 1. The van der Waals surface area contributed by atoms with Crippen LogP contribution in [0.4, 0.5) is 0 Å². The van der Waals surface area contributed by atoms with Crippen LogP contribution in [-0.2, 0) is 12.1 Å². The molecule has 19 heavy (non-hydrogen) atoms. The molecular formula is C15H21N3O. The van der Waals surface area contributed by atoms with Gasteiger partial charge in [-0.25, -0.2) is 0 Å². The maximum atomic E-state index is 9.95. The van der Waals surface area contributed by atoms with Gasteiger partial charge in [-0.1, -0.05) is 37.3 Å². The highest BCUT2D eigenvalue weighted by Gasteiger charge is 2.31. The Bertz CT molecular complexity index is 469. The molecule has 2 rings (SSSR count). The Morgan fingerprint density at radius 1 is 1.26 bits per heavy atom. The standard InChI is InChI=1S/C15H21N3O/c1-2-9-16-15(13-19,12-18-11-6-10-17-18)14-7-4-3-5-8-14/h3-8,10-11,16,19H,2,9,12-13H2,1H3. The van der Waals surface area contributed by atoms with Crippen LogP contribution in [0.3, 0.4) is 0 Å². The van der Waals surface area contributed by atoms with E-state index in [1.807, 2.05) is 47.3 Å². The minimum atomic E-state index is -0.483. The second-order valence-electron chi connectivity index (χ2n) is 4.74. The molecule has 0 fully saturated rings. The van der Waals surface area contributed by atoms with Gasteiger partial charge in [0, 0.05) is 12.4 Å². The molecule has 4 nitrogen and oxygen atoms in total. The van der Waals surface area contributed by atoms with Crippen LogP contribution in [0.25, 0.3) is 0 Å². The fourth-order valence-corrected chi connectivity index (χ4v) is 2.24. The van der Waals surface area contributed by atoms with E-state index in [4.69, 9.17) is 0 Å². The molecule has 1 unspecified atom stereocenters. The summed E-state index contributed by atoms with van der Waals surface area (Å²) in [4.78, 5) is 0. The molecule has 1 aromatic heterocycles. The van der Waals surface area contributed by atoms with Gasteiger partial charge in [-0.3, -0.25) is 4.68 Å². The van der Waals surface area contributed by atoms with E-state index in [2.05, 4.69) is 17.3 Å². The summed E-state index contributed by atoms with van der Waals surface area (Å²) in [6, 6.07) is 12.0. The fraction of sp³-hybridized carbons (Fsp3) is 0.400. The number of aliphatic hydroxyl groups excluding tert-OH is 1. The summed E-state index contributed by atoms with van der Waals surface area (Å²) in [5, 5.41) is 17.7. The van der Waals surface area contributed by atoms with E-state index in [9.17, 15) is 5.11 Å². The molecular weight excluding hydrogens is 238 g/mol. The molecule has 1 aromatic carbocycles. The molecule has 0 aliphatic rings. The van der Waals surface area contributed by atoms with E-state index < -0.39 is 5.54 Å². The van der Waals surface area contributed by atoms with Crippen molar-refractivity contribution in [2.75, 3.05) is 13.2 Å². The van der Waals surface area contributed by atoms with Gasteiger partial charge in [-0.05, 0) is 24.6 Å². The average molecular weight is 259 g/mol. The van der Waals surface area contributed by atoms with Crippen LogP contribution >= 0.6 is 0 Å². The molecule has 1 atom stereocenters. The molecule has 2 aromatic rings. The van der Waals surface area contributed by atoms with Crippen LogP contribution in [0.2, 0.25) is 0 Å². The molecule has 0 aliphatic carbocycles. The highest BCUT2D eigenvalue weighted by molar-refractivity contribution is 5.24. The van der Waals surface area contributed by atoms with Crippen molar-refractivity contribution >= 4 is 0 Å². The van der Waals surface area contributed by atoms with Crippen LogP contribution in [0.1, 0.15) is 18.9 Å². The van der Waals surface area contributed by atoms with E-state index in [-0.39, 0.29) is 6.61 Å². The normalized spacial score (nSPS) is 14.2. The van der Waals surface area contributed by atoms with Crippen LogP contribution in [0.5, 0.6) is 0 Å². The predicted molar refractivity (Wildman–Crippen MR) is 75.7 cm³/mol. The number of benzene rings is 1. The minimum Gasteiger partial charge on any atom is -0.394 e. The van der Waals surface area contributed by atoms with Crippen LogP contribution < -0.4 is 5.32 Å². The van der Waals surface area contributed by atoms with Crippen molar-refractivity contribution in [1.82, 2.24) is 15.1 Å². The van der Waals surface area contributed by atoms with E-state index in [0.29, 0.717) is 6.54 Å². The van der Waals surface area contributed by atoms with E-state index in [0.717, 1.165) is 18.5 Å². The number of rotatable bonds is 7. The zero-order chi connectivity index (χ0) is 13.6. The van der Waals surface area contributed by atoms with Crippen molar-refractivity contribution in [2.24, 2.45) is 0 Å². The molecule has 0 spiro atoms. The topological polar surface area (TPSA) is 50.1 Å². The van der Waals surface area contributed by atoms with Gasteiger partial charge in [-0.2, -0.15) is 5.10 Å². The molecule has 0 bridgehead atoms. The molecule has 4 heteroatoms. The second-order valence-corrected chi connectivity index (χ2v) is 4.74. The number of nitrogens with zero attached hydrogens (tertiary/aromatic N) is 2. The third kappa shape index (κ3) is 3.22. The first-order valence-corrected chi connectivity index (χ1v) is 6.69. The third-order valence-corrected chi connectivity index (χ3v) is 3.30. The Kier molecular flexibility index (Phi) is 4.71. The van der Waals surface area contributed by atoms with Crippen LogP contribution in [0, 0.1) is 0 Å². The van der Waals surface area contributed by atoms with Gasteiger partial charge in [-0.15, -0.1) is 0 Å². The Labute approximate surface area is 114 Å². The highest BCUT2D eigenvalue weighted by Crippen LogP contribution is 2.22.